The van der Waals surface area contributed by atoms with Crippen molar-refractivity contribution in [3.05, 3.63) is 24.3 Å². The van der Waals surface area contributed by atoms with Gasteiger partial charge in [0.25, 0.3) is 0 Å². The maximum atomic E-state index is 5.46. The van der Waals surface area contributed by atoms with Crippen LogP contribution in [-0.4, -0.2) is 53.8 Å². The van der Waals surface area contributed by atoms with Crippen LogP contribution >= 0.6 is 0 Å². The van der Waals surface area contributed by atoms with Gasteiger partial charge in [0.1, 0.15) is 5.82 Å². The fraction of sp³-hybridized carbons (Fsp3) is 0.789. The van der Waals surface area contributed by atoms with E-state index in [1.54, 1.807) is 0 Å². The highest BCUT2D eigenvalue weighted by atomic mass is 16.5. The van der Waals surface area contributed by atoms with Crippen molar-refractivity contribution in [2.24, 2.45) is 5.92 Å². The summed E-state index contributed by atoms with van der Waals surface area (Å²) < 4.78 is 5.46. The van der Waals surface area contributed by atoms with Crippen molar-refractivity contribution in [2.45, 2.75) is 57.5 Å². The SMILES string of the molecule is C[C@H](CN[C@@H](CC1CCCCC1)c1ncccn1)N1CCOCC1. The molecule has 2 atom stereocenters. The Morgan fingerprint density at radius 2 is 1.88 bits per heavy atom. The minimum Gasteiger partial charge on any atom is -0.379 e. The quantitative estimate of drug-likeness (QED) is 0.832. The molecule has 1 N–H and O–H groups in total. The maximum absolute atomic E-state index is 5.46. The monoisotopic (exact) mass is 332 g/mol. The average Bonchev–Trinajstić information content (AvgIpc) is 2.67. The van der Waals surface area contributed by atoms with Gasteiger partial charge in [-0.2, -0.15) is 0 Å². The van der Waals surface area contributed by atoms with Gasteiger partial charge in [0.2, 0.25) is 0 Å². The van der Waals surface area contributed by atoms with Crippen molar-refractivity contribution in [1.29, 1.82) is 0 Å². The van der Waals surface area contributed by atoms with E-state index in [0.29, 0.717) is 6.04 Å². The normalized spacial score (nSPS) is 23.0. The fourth-order valence-corrected chi connectivity index (χ4v) is 3.99. The Kier molecular flexibility index (Phi) is 6.99. The standard InChI is InChI=1S/C19H32N4O/c1-16(23-10-12-24-13-11-23)15-22-18(19-20-8-5-9-21-19)14-17-6-3-2-4-7-17/h5,8-9,16-18,22H,2-4,6-7,10-15H2,1H3/t16-,18+/m1/s1. The van der Waals surface area contributed by atoms with Gasteiger partial charge in [-0.05, 0) is 25.3 Å². The molecule has 1 saturated heterocycles. The first-order valence-corrected chi connectivity index (χ1v) is 9.65. The first kappa shape index (κ1) is 17.8. The van der Waals surface area contributed by atoms with Crippen molar-refractivity contribution in [1.82, 2.24) is 20.2 Å². The second-order valence-electron chi connectivity index (χ2n) is 7.30. The maximum Gasteiger partial charge on any atom is 0.145 e. The van der Waals surface area contributed by atoms with Gasteiger partial charge >= 0.3 is 0 Å². The molecule has 1 saturated carbocycles. The van der Waals surface area contributed by atoms with Crippen molar-refractivity contribution < 1.29 is 4.74 Å². The average molecular weight is 332 g/mol. The molecule has 2 aliphatic rings. The molecule has 1 aromatic rings. The predicted octanol–water partition coefficient (Wildman–Crippen LogP) is 2.80. The molecule has 1 aliphatic heterocycles. The Balaban J connectivity index is 1.56. The first-order valence-electron chi connectivity index (χ1n) is 9.65. The zero-order valence-electron chi connectivity index (χ0n) is 15.0. The van der Waals surface area contributed by atoms with Crippen molar-refractivity contribution in [2.75, 3.05) is 32.8 Å². The molecule has 0 amide bonds. The third-order valence-corrected chi connectivity index (χ3v) is 5.52. The van der Waals surface area contributed by atoms with Crippen LogP contribution in [0.25, 0.3) is 0 Å². The van der Waals surface area contributed by atoms with Gasteiger partial charge in [0, 0.05) is 38.1 Å². The number of hydrogen-bond acceptors (Lipinski definition) is 5. The Hall–Kier alpha value is -1.04. The van der Waals surface area contributed by atoms with E-state index in [-0.39, 0.29) is 6.04 Å². The Morgan fingerprint density at radius 1 is 1.17 bits per heavy atom. The molecule has 3 rings (SSSR count). The minimum absolute atomic E-state index is 0.276. The van der Waals surface area contributed by atoms with Crippen molar-refractivity contribution in [3.63, 3.8) is 0 Å². The van der Waals surface area contributed by atoms with Gasteiger partial charge in [-0.3, -0.25) is 4.90 Å². The molecule has 2 fully saturated rings. The summed E-state index contributed by atoms with van der Waals surface area (Å²) in [5, 5.41) is 3.77. The molecule has 0 spiro atoms. The zero-order chi connectivity index (χ0) is 16.6. The van der Waals surface area contributed by atoms with Gasteiger partial charge in [0.15, 0.2) is 0 Å². The summed E-state index contributed by atoms with van der Waals surface area (Å²) in [7, 11) is 0. The van der Waals surface area contributed by atoms with Crippen LogP contribution in [0.15, 0.2) is 18.5 Å². The zero-order valence-corrected chi connectivity index (χ0v) is 15.0. The first-order chi connectivity index (χ1) is 11.8. The molecular formula is C19H32N4O. The summed E-state index contributed by atoms with van der Waals surface area (Å²) in [5.74, 6) is 1.77. The molecular weight excluding hydrogens is 300 g/mol. The van der Waals surface area contributed by atoms with Crippen LogP contribution in [0.1, 0.15) is 57.3 Å². The third-order valence-electron chi connectivity index (χ3n) is 5.52. The third kappa shape index (κ3) is 5.23. The van der Waals surface area contributed by atoms with Gasteiger partial charge in [-0.1, -0.05) is 32.1 Å². The molecule has 1 aromatic heterocycles. The molecule has 2 heterocycles. The second-order valence-corrected chi connectivity index (χ2v) is 7.30. The molecule has 0 aromatic carbocycles. The Morgan fingerprint density at radius 3 is 2.58 bits per heavy atom. The topological polar surface area (TPSA) is 50.3 Å². The van der Waals surface area contributed by atoms with E-state index in [2.05, 4.69) is 27.1 Å². The second kappa shape index (κ2) is 9.44. The highest BCUT2D eigenvalue weighted by molar-refractivity contribution is 4.97. The lowest BCUT2D eigenvalue weighted by Crippen LogP contribution is -2.47. The van der Waals surface area contributed by atoms with Gasteiger partial charge in [-0.15, -0.1) is 0 Å². The number of nitrogens with one attached hydrogen (secondary N) is 1. The molecule has 24 heavy (non-hydrogen) atoms. The number of hydrogen-bond donors (Lipinski definition) is 1. The molecule has 0 bridgehead atoms. The van der Waals surface area contributed by atoms with Crippen LogP contribution in [0.3, 0.4) is 0 Å². The fourth-order valence-electron chi connectivity index (χ4n) is 3.99. The number of nitrogens with zero attached hydrogens (tertiary/aromatic N) is 3. The van der Waals surface area contributed by atoms with E-state index in [4.69, 9.17) is 4.74 Å². The highest BCUT2D eigenvalue weighted by Gasteiger charge is 2.23. The van der Waals surface area contributed by atoms with E-state index in [1.165, 1.54) is 38.5 Å². The summed E-state index contributed by atoms with van der Waals surface area (Å²) in [6.45, 7) is 7.09. The summed E-state index contributed by atoms with van der Waals surface area (Å²) in [6.07, 6.45) is 11.8. The number of ether oxygens (including phenoxy) is 1. The van der Waals surface area contributed by atoms with Crippen LogP contribution in [0.4, 0.5) is 0 Å². The lowest BCUT2D eigenvalue weighted by Gasteiger charge is -2.34. The van der Waals surface area contributed by atoms with Gasteiger partial charge in [0.05, 0.1) is 19.3 Å². The molecule has 0 radical (unpaired) electrons. The lowest BCUT2D eigenvalue weighted by atomic mass is 9.84. The van der Waals surface area contributed by atoms with Crippen molar-refractivity contribution in [3.8, 4) is 0 Å². The lowest BCUT2D eigenvalue weighted by molar-refractivity contribution is 0.0196. The highest BCUT2D eigenvalue weighted by Crippen LogP contribution is 2.30. The van der Waals surface area contributed by atoms with Crippen LogP contribution in [0, 0.1) is 5.92 Å². The summed E-state index contributed by atoms with van der Waals surface area (Å²) in [4.78, 5) is 11.6. The summed E-state index contributed by atoms with van der Waals surface area (Å²) in [6, 6.07) is 2.70. The van der Waals surface area contributed by atoms with Crippen LogP contribution in [-0.2, 0) is 4.74 Å². The van der Waals surface area contributed by atoms with Crippen LogP contribution in [0.2, 0.25) is 0 Å². The largest absolute Gasteiger partial charge is 0.379 e. The van der Waals surface area contributed by atoms with E-state index >= 15 is 0 Å². The number of rotatable bonds is 7. The van der Waals surface area contributed by atoms with E-state index < -0.39 is 0 Å². The number of aromatic nitrogens is 2. The summed E-state index contributed by atoms with van der Waals surface area (Å²) in [5.41, 5.74) is 0. The van der Waals surface area contributed by atoms with E-state index in [0.717, 1.165) is 44.6 Å². The van der Waals surface area contributed by atoms with E-state index in [9.17, 15) is 0 Å². The van der Waals surface area contributed by atoms with E-state index in [1.807, 2.05) is 18.5 Å². The molecule has 5 nitrogen and oxygen atoms in total. The minimum atomic E-state index is 0.276. The van der Waals surface area contributed by atoms with Gasteiger partial charge in [-0.25, -0.2) is 9.97 Å². The van der Waals surface area contributed by atoms with Gasteiger partial charge < -0.3 is 10.1 Å². The molecule has 0 unspecified atom stereocenters. The van der Waals surface area contributed by atoms with Crippen molar-refractivity contribution >= 4 is 0 Å². The summed E-state index contributed by atoms with van der Waals surface area (Å²) >= 11 is 0. The molecule has 5 heteroatoms. The van der Waals surface area contributed by atoms with Crippen LogP contribution < -0.4 is 5.32 Å². The molecule has 1 aliphatic carbocycles. The predicted molar refractivity (Wildman–Crippen MR) is 95.8 cm³/mol. The van der Waals surface area contributed by atoms with Crippen LogP contribution in [0.5, 0.6) is 0 Å². The number of morpholine rings is 1. The smallest absolute Gasteiger partial charge is 0.145 e. The molecule has 134 valence electrons. The Bertz CT molecular complexity index is 458. The Labute approximate surface area is 146 Å².